The summed E-state index contributed by atoms with van der Waals surface area (Å²) in [5.74, 6) is 0.651. The number of nitrogens with one attached hydrogen (secondary N) is 2. The van der Waals surface area contributed by atoms with Crippen LogP contribution in [0.3, 0.4) is 0 Å². The van der Waals surface area contributed by atoms with Gasteiger partial charge in [-0.3, -0.25) is 4.79 Å². The number of rotatable bonds is 5. The minimum atomic E-state index is 0.0778. The van der Waals surface area contributed by atoms with Gasteiger partial charge in [0.25, 0.3) is 0 Å². The van der Waals surface area contributed by atoms with Crippen LogP contribution in [0.5, 0.6) is 0 Å². The van der Waals surface area contributed by atoms with Crippen LogP contribution in [0.15, 0.2) is 11.6 Å². The van der Waals surface area contributed by atoms with E-state index < -0.39 is 0 Å². The molecule has 1 fully saturated rings. The van der Waals surface area contributed by atoms with Gasteiger partial charge >= 0.3 is 0 Å². The Kier molecular flexibility index (Phi) is 5.13. The van der Waals surface area contributed by atoms with Crippen molar-refractivity contribution in [2.45, 2.75) is 38.6 Å². The number of carbonyl (C=O) groups is 1. The lowest BCUT2D eigenvalue weighted by Gasteiger charge is -2.23. The van der Waals surface area contributed by atoms with Crippen LogP contribution >= 0.6 is 11.3 Å². The second kappa shape index (κ2) is 6.85. The predicted octanol–water partition coefficient (Wildman–Crippen LogP) is 2.10. The number of carbonyl (C=O) groups excluding carboxylic acids is 1. The first-order chi connectivity index (χ1) is 8.79. The fourth-order valence-corrected chi connectivity index (χ4v) is 3.13. The Morgan fingerprint density at radius 3 is 3.22 bits per heavy atom. The molecule has 0 spiro atoms. The fourth-order valence-electron chi connectivity index (χ4n) is 2.36. The monoisotopic (exact) mass is 267 g/mol. The highest BCUT2D eigenvalue weighted by atomic mass is 32.1. The Morgan fingerprint density at radius 2 is 2.61 bits per heavy atom. The largest absolute Gasteiger partial charge is 0.347 e. The highest BCUT2D eigenvalue weighted by Crippen LogP contribution is 2.20. The SMILES string of the molecule is CCC(NC(=O)CC1CCCNC1)c1nccs1. The zero-order chi connectivity index (χ0) is 12.8. The topological polar surface area (TPSA) is 54.0 Å². The molecule has 0 radical (unpaired) electrons. The molecule has 0 saturated carbocycles. The molecule has 1 aliphatic rings. The van der Waals surface area contributed by atoms with Gasteiger partial charge in [0.1, 0.15) is 5.01 Å². The Bertz CT molecular complexity index is 360. The van der Waals surface area contributed by atoms with E-state index in [0.717, 1.165) is 30.9 Å². The molecule has 100 valence electrons. The summed E-state index contributed by atoms with van der Waals surface area (Å²) in [5.41, 5.74) is 0. The third-order valence-electron chi connectivity index (χ3n) is 3.37. The van der Waals surface area contributed by atoms with E-state index in [0.29, 0.717) is 12.3 Å². The van der Waals surface area contributed by atoms with E-state index in [1.54, 1.807) is 17.5 Å². The molecule has 0 aromatic carbocycles. The molecule has 1 aromatic heterocycles. The zero-order valence-corrected chi connectivity index (χ0v) is 11.6. The molecule has 1 saturated heterocycles. The molecule has 0 aliphatic carbocycles. The van der Waals surface area contributed by atoms with Gasteiger partial charge in [0.2, 0.25) is 5.91 Å². The first-order valence-corrected chi connectivity index (χ1v) is 7.57. The minimum Gasteiger partial charge on any atom is -0.347 e. The van der Waals surface area contributed by atoms with Crippen molar-refractivity contribution >= 4 is 17.2 Å². The van der Waals surface area contributed by atoms with E-state index in [2.05, 4.69) is 22.5 Å². The number of piperidine rings is 1. The van der Waals surface area contributed by atoms with E-state index in [1.807, 2.05) is 5.38 Å². The second-order valence-corrected chi connectivity index (χ2v) is 5.74. The lowest BCUT2D eigenvalue weighted by molar-refractivity contribution is -0.122. The van der Waals surface area contributed by atoms with E-state index in [-0.39, 0.29) is 11.9 Å². The normalized spacial score (nSPS) is 21.5. The standard InChI is InChI=1S/C13H21N3OS/c1-2-11(13-15-6-7-18-13)16-12(17)8-10-4-3-5-14-9-10/h6-7,10-11,14H,2-5,8-9H2,1H3,(H,16,17). The van der Waals surface area contributed by atoms with Crippen LogP contribution in [0.1, 0.15) is 43.7 Å². The third-order valence-corrected chi connectivity index (χ3v) is 4.26. The van der Waals surface area contributed by atoms with Gasteiger partial charge in [-0.05, 0) is 38.3 Å². The number of nitrogens with zero attached hydrogens (tertiary/aromatic N) is 1. The van der Waals surface area contributed by atoms with Crippen LogP contribution in [0.25, 0.3) is 0 Å². The van der Waals surface area contributed by atoms with Crippen LogP contribution < -0.4 is 10.6 Å². The molecule has 0 bridgehead atoms. The molecule has 18 heavy (non-hydrogen) atoms. The molecule has 2 unspecified atom stereocenters. The smallest absolute Gasteiger partial charge is 0.220 e. The van der Waals surface area contributed by atoms with Gasteiger partial charge in [-0.1, -0.05) is 6.92 Å². The van der Waals surface area contributed by atoms with Crippen molar-refractivity contribution in [3.63, 3.8) is 0 Å². The number of hydrogen-bond acceptors (Lipinski definition) is 4. The highest BCUT2D eigenvalue weighted by Gasteiger charge is 2.20. The molecule has 2 rings (SSSR count). The van der Waals surface area contributed by atoms with Crippen molar-refractivity contribution in [2.75, 3.05) is 13.1 Å². The second-order valence-electron chi connectivity index (χ2n) is 4.82. The number of amides is 1. The molecule has 2 atom stereocenters. The Labute approximate surface area is 112 Å². The summed E-state index contributed by atoms with van der Waals surface area (Å²) in [6.45, 7) is 4.14. The van der Waals surface area contributed by atoms with Gasteiger partial charge in [-0.15, -0.1) is 11.3 Å². The maximum Gasteiger partial charge on any atom is 0.220 e. The van der Waals surface area contributed by atoms with Crippen molar-refractivity contribution in [1.82, 2.24) is 15.6 Å². The number of hydrogen-bond donors (Lipinski definition) is 2. The average molecular weight is 267 g/mol. The molecule has 1 amide bonds. The van der Waals surface area contributed by atoms with Gasteiger partial charge in [0.05, 0.1) is 6.04 Å². The maximum absolute atomic E-state index is 12.0. The molecule has 4 nitrogen and oxygen atoms in total. The summed E-state index contributed by atoms with van der Waals surface area (Å²) in [5, 5.41) is 9.40. The van der Waals surface area contributed by atoms with Crippen LogP contribution in [0.2, 0.25) is 0 Å². The quantitative estimate of drug-likeness (QED) is 0.859. The van der Waals surface area contributed by atoms with Gasteiger partial charge in [-0.2, -0.15) is 0 Å². The van der Waals surface area contributed by atoms with Crippen LogP contribution in [0, 0.1) is 5.92 Å². The van der Waals surface area contributed by atoms with Crippen molar-refractivity contribution in [3.8, 4) is 0 Å². The molecular formula is C13H21N3OS. The van der Waals surface area contributed by atoms with Crippen LogP contribution in [-0.2, 0) is 4.79 Å². The molecule has 2 heterocycles. The number of aromatic nitrogens is 1. The summed E-state index contributed by atoms with van der Waals surface area (Å²) in [7, 11) is 0. The molecule has 2 N–H and O–H groups in total. The summed E-state index contributed by atoms with van der Waals surface area (Å²) in [4.78, 5) is 16.3. The Morgan fingerprint density at radius 1 is 1.72 bits per heavy atom. The van der Waals surface area contributed by atoms with Gasteiger partial charge in [0.15, 0.2) is 0 Å². The van der Waals surface area contributed by atoms with E-state index in [1.165, 1.54) is 6.42 Å². The van der Waals surface area contributed by atoms with E-state index in [9.17, 15) is 4.79 Å². The van der Waals surface area contributed by atoms with Crippen molar-refractivity contribution in [3.05, 3.63) is 16.6 Å². The summed E-state index contributed by atoms with van der Waals surface area (Å²) in [6, 6.07) is 0.0778. The first kappa shape index (κ1) is 13.5. The summed E-state index contributed by atoms with van der Waals surface area (Å²) in [6.07, 6.45) is 5.66. The minimum absolute atomic E-state index is 0.0778. The molecule has 1 aliphatic heterocycles. The van der Waals surface area contributed by atoms with E-state index in [4.69, 9.17) is 0 Å². The zero-order valence-electron chi connectivity index (χ0n) is 10.8. The van der Waals surface area contributed by atoms with Gasteiger partial charge in [0, 0.05) is 18.0 Å². The van der Waals surface area contributed by atoms with Gasteiger partial charge < -0.3 is 10.6 Å². The lowest BCUT2D eigenvalue weighted by atomic mass is 9.96. The van der Waals surface area contributed by atoms with Crippen LogP contribution in [0.4, 0.5) is 0 Å². The number of thiazole rings is 1. The first-order valence-electron chi connectivity index (χ1n) is 6.69. The summed E-state index contributed by atoms with van der Waals surface area (Å²) < 4.78 is 0. The fraction of sp³-hybridized carbons (Fsp3) is 0.692. The van der Waals surface area contributed by atoms with Crippen molar-refractivity contribution < 1.29 is 4.79 Å². The Balaban J connectivity index is 1.82. The lowest BCUT2D eigenvalue weighted by Crippen LogP contribution is -2.35. The molecular weight excluding hydrogens is 246 g/mol. The average Bonchev–Trinajstić information content (AvgIpc) is 2.91. The third kappa shape index (κ3) is 3.78. The highest BCUT2D eigenvalue weighted by molar-refractivity contribution is 7.09. The summed E-state index contributed by atoms with van der Waals surface area (Å²) >= 11 is 1.61. The molecule has 1 aromatic rings. The van der Waals surface area contributed by atoms with Crippen LogP contribution in [-0.4, -0.2) is 24.0 Å². The Hall–Kier alpha value is -0.940. The molecule has 5 heteroatoms. The van der Waals surface area contributed by atoms with Crippen molar-refractivity contribution in [1.29, 1.82) is 0 Å². The maximum atomic E-state index is 12.0. The van der Waals surface area contributed by atoms with E-state index >= 15 is 0 Å². The predicted molar refractivity (Wildman–Crippen MR) is 73.5 cm³/mol. The van der Waals surface area contributed by atoms with Crippen molar-refractivity contribution in [2.24, 2.45) is 5.92 Å². The van der Waals surface area contributed by atoms with Gasteiger partial charge in [-0.25, -0.2) is 4.98 Å².